The van der Waals surface area contributed by atoms with Gasteiger partial charge in [-0.25, -0.2) is 9.97 Å². The van der Waals surface area contributed by atoms with Crippen LogP contribution in [0.5, 0.6) is 0 Å². The van der Waals surface area contributed by atoms with Crippen LogP contribution >= 0.6 is 0 Å². The third-order valence-electron chi connectivity index (χ3n) is 3.96. The smallest absolute Gasteiger partial charge is 0.242 e. The van der Waals surface area contributed by atoms with Crippen molar-refractivity contribution in [3.63, 3.8) is 0 Å². The van der Waals surface area contributed by atoms with E-state index in [4.69, 9.17) is 4.74 Å². The molecule has 0 aliphatic heterocycles. The Morgan fingerprint density at radius 1 is 1.22 bits per heavy atom. The summed E-state index contributed by atoms with van der Waals surface area (Å²) in [6, 6.07) is 5.24. The van der Waals surface area contributed by atoms with E-state index >= 15 is 0 Å². The molecule has 1 atom stereocenters. The molecule has 27 heavy (non-hydrogen) atoms. The molecular weight excluding hydrogens is 342 g/mol. The van der Waals surface area contributed by atoms with E-state index in [9.17, 15) is 4.79 Å². The second-order valence-corrected chi connectivity index (χ2v) is 6.92. The zero-order chi connectivity index (χ0) is 19.6. The van der Waals surface area contributed by atoms with Gasteiger partial charge in [-0.2, -0.15) is 0 Å². The molecule has 146 valence electrons. The van der Waals surface area contributed by atoms with Gasteiger partial charge in [-0.05, 0) is 37.8 Å². The molecular formula is C20H29N5O2. The zero-order valence-corrected chi connectivity index (χ0v) is 16.5. The number of rotatable bonds is 10. The minimum atomic E-state index is -0.355. The Balaban J connectivity index is 2.14. The third-order valence-corrected chi connectivity index (χ3v) is 3.96. The van der Waals surface area contributed by atoms with E-state index in [0.29, 0.717) is 37.1 Å². The Bertz CT molecular complexity index is 722. The highest BCUT2D eigenvalue weighted by molar-refractivity contribution is 5.84. The van der Waals surface area contributed by atoms with Gasteiger partial charge >= 0.3 is 0 Å². The number of aryl methyl sites for hydroxylation is 1. The summed E-state index contributed by atoms with van der Waals surface area (Å²) >= 11 is 0. The molecule has 0 saturated heterocycles. The van der Waals surface area contributed by atoms with E-state index in [0.717, 1.165) is 17.7 Å². The van der Waals surface area contributed by atoms with Gasteiger partial charge in [0.1, 0.15) is 11.9 Å². The Morgan fingerprint density at radius 2 is 1.96 bits per heavy atom. The Morgan fingerprint density at radius 3 is 2.63 bits per heavy atom. The molecule has 2 N–H and O–H groups in total. The maximum absolute atomic E-state index is 12.6. The van der Waals surface area contributed by atoms with Gasteiger partial charge in [0.15, 0.2) is 5.82 Å². The number of amides is 1. The summed E-state index contributed by atoms with van der Waals surface area (Å²) in [5.74, 6) is 1.60. The summed E-state index contributed by atoms with van der Waals surface area (Å²) < 4.78 is 5.02. The molecule has 0 spiro atoms. The first-order chi connectivity index (χ1) is 13.0. The van der Waals surface area contributed by atoms with Crippen LogP contribution in [0.2, 0.25) is 0 Å². The van der Waals surface area contributed by atoms with Gasteiger partial charge < -0.3 is 15.4 Å². The van der Waals surface area contributed by atoms with Gasteiger partial charge in [-0.1, -0.05) is 13.8 Å². The molecule has 7 heteroatoms. The SMILES string of the molecule is COCCCNC(=O)C(CC(C)C)Nc1cc(C)nc(-c2ccncc2)n1. The van der Waals surface area contributed by atoms with Crippen molar-refractivity contribution in [3.05, 3.63) is 36.3 Å². The van der Waals surface area contributed by atoms with Gasteiger partial charge in [0, 0.05) is 50.0 Å². The van der Waals surface area contributed by atoms with Crippen LogP contribution in [0.3, 0.4) is 0 Å². The number of hydrogen-bond acceptors (Lipinski definition) is 6. The summed E-state index contributed by atoms with van der Waals surface area (Å²) in [6.07, 6.45) is 4.92. The van der Waals surface area contributed by atoms with Crippen molar-refractivity contribution in [2.24, 2.45) is 5.92 Å². The average Bonchev–Trinajstić information content (AvgIpc) is 2.64. The normalized spacial score (nSPS) is 12.0. The molecule has 0 saturated carbocycles. The van der Waals surface area contributed by atoms with Gasteiger partial charge in [0.25, 0.3) is 0 Å². The lowest BCUT2D eigenvalue weighted by molar-refractivity contribution is -0.122. The maximum atomic E-state index is 12.6. The first kappa shape index (κ1) is 20.8. The van der Waals surface area contributed by atoms with Crippen molar-refractivity contribution in [2.75, 3.05) is 25.6 Å². The monoisotopic (exact) mass is 371 g/mol. The predicted molar refractivity (Wildman–Crippen MR) is 106 cm³/mol. The number of nitrogens with zero attached hydrogens (tertiary/aromatic N) is 3. The standard InChI is InChI=1S/C20H29N5O2/c1-14(2)12-17(20(26)22-8-5-11-27-4)24-18-13-15(3)23-19(25-18)16-6-9-21-10-7-16/h6-7,9-10,13-14,17H,5,8,11-12H2,1-4H3,(H,22,26)(H,23,24,25). The van der Waals surface area contributed by atoms with Crippen molar-refractivity contribution < 1.29 is 9.53 Å². The van der Waals surface area contributed by atoms with Crippen LogP contribution < -0.4 is 10.6 Å². The molecule has 0 radical (unpaired) electrons. The summed E-state index contributed by atoms with van der Waals surface area (Å²) in [5, 5.41) is 6.26. The molecule has 2 aromatic rings. The maximum Gasteiger partial charge on any atom is 0.242 e. The highest BCUT2D eigenvalue weighted by Gasteiger charge is 2.20. The molecule has 1 unspecified atom stereocenters. The van der Waals surface area contributed by atoms with Gasteiger partial charge in [0.05, 0.1) is 0 Å². The van der Waals surface area contributed by atoms with Crippen molar-refractivity contribution in [2.45, 2.75) is 39.7 Å². The Labute approximate surface area is 161 Å². The van der Waals surface area contributed by atoms with E-state index < -0.39 is 0 Å². The van der Waals surface area contributed by atoms with Crippen LogP contribution in [0, 0.1) is 12.8 Å². The van der Waals surface area contributed by atoms with Crippen LogP contribution in [-0.4, -0.2) is 47.2 Å². The van der Waals surface area contributed by atoms with E-state index in [1.165, 1.54) is 0 Å². The lowest BCUT2D eigenvalue weighted by atomic mass is 10.0. The van der Waals surface area contributed by atoms with Crippen LogP contribution in [0.4, 0.5) is 5.82 Å². The van der Waals surface area contributed by atoms with E-state index in [1.807, 2.05) is 25.1 Å². The summed E-state index contributed by atoms with van der Waals surface area (Å²) in [5.41, 5.74) is 1.73. The fourth-order valence-electron chi connectivity index (χ4n) is 2.71. The van der Waals surface area contributed by atoms with Crippen molar-refractivity contribution in [1.82, 2.24) is 20.3 Å². The minimum Gasteiger partial charge on any atom is -0.385 e. The number of nitrogens with one attached hydrogen (secondary N) is 2. The fraction of sp³-hybridized carbons (Fsp3) is 0.500. The van der Waals surface area contributed by atoms with E-state index in [2.05, 4.69) is 39.4 Å². The number of carbonyl (C=O) groups is 1. The summed E-state index contributed by atoms with van der Waals surface area (Å²) in [7, 11) is 1.66. The molecule has 1 amide bonds. The van der Waals surface area contributed by atoms with Gasteiger partial charge in [0.2, 0.25) is 5.91 Å². The number of hydrogen-bond donors (Lipinski definition) is 2. The van der Waals surface area contributed by atoms with Crippen LogP contribution in [0.1, 0.15) is 32.4 Å². The summed E-state index contributed by atoms with van der Waals surface area (Å²) in [6.45, 7) is 7.33. The average molecular weight is 371 g/mol. The Kier molecular flexibility index (Phi) is 8.13. The van der Waals surface area contributed by atoms with Crippen LogP contribution in [-0.2, 0) is 9.53 Å². The lowest BCUT2D eigenvalue weighted by Gasteiger charge is -2.21. The van der Waals surface area contributed by atoms with Crippen LogP contribution in [0.25, 0.3) is 11.4 Å². The minimum absolute atomic E-state index is 0.0264. The Hall–Kier alpha value is -2.54. The highest BCUT2D eigenvalue weighted by Crippen LogP contribution is 2.18. The molecule has 0 fully saturated rings. The highest BCUT2D eigenvalue weighted by atomic mass is 16.5. The first-order valence-electron chi connectivity index (χ1n) is 9.29. The first-order valence-corrected chi connectivity index (χ1v) is 9.29. The fourth-order valence-corrected chi connectivity index (χ4v) is 2.71. The van der Waals surface area contributed by atoms with Gasteiger partial charge in [-0.3, -0.25) is 9.78 Å². The lowest BCUT2D eigenvalue weighted by Crippen LogP contribution is -2.41. The molecule has 0 aromatic carbocycles. The van der Waals surface area contributed by atoms with Crippen molar-refractivity contribution >= 4 is 11.7 Å². The molecule has 2 aromatic heterocycles. The number of aromatic nitrogens is 3. The third kappa shape index (κ3) is 6.94. The quantitative estimate of drug-likeness (QED) is 0.624. The second-order valence-electron chi connectivity index (χ2n) is 6.92. The zero-order valence-electron chi connectivity index (χ0n) is 16.5. The summed E-state index contributed by atoms with van der Waals surface area (Å²) in [4.78, 5) is 25.7. The molecule has 2 heterocycles. The number of methoxy groups -OCH3 is 1. The number of anilines is 1. The molecule has 0 aliphatic rings. The largest absolute Gasteiger partial charge is 0.385 e. The molecule has 0 aliphatic carbocycles. The van der Waals surface area contributed by atoms with Crippen LogP contribution in [0.15, 0.2) is 30.6 Å². The molecule has 2 rings (SSSR count). The molecule has 7 nitrogen and oxygen atoms in total. The van der Waals surface area contributed by atoms with Gasteiger partial charge in [-0.15, -0.1) is 0 Å². The number of pyridine rings is 1. The molecule has 0 bridgehead atoms. The number of ether oxygens (including phenoxy) is 1. The topological polar surface area (TPSA) is 89.0 Å². The van der Waals surface area contributed by atoms with E-state index in [-0.39, 0.29) is 11.9 Å². The second kappa shape index (κ2) is 10.6. The van der Waals surface area contributed by atoms with E-state index in [1.54, 1.807) is 19.5 Å². The van der Waals surface area contributed by atoms with Crippen molar-refractivity contribution in [3.8, 4) is 11.4 Å². The predicted octanol–water partition coefficient (Wildman–Crippen LogP) is 2.83. The van der Waals surface area contributed by atoms with Crippen molar-refractivity contribution in [1.29, 1.82) is 0 Å². The number of carbonyl (C=O) groups excluding carboxylic acids is 1.